The molecule has 2 rings (SSSR count). The van der Waals surface area contributed by atoms with Gasteiger partial charge in [-0.05, 0) is 43.4 Å². The molecule has 2 N–H and O–H groups in total. The van der Waals surface area contributed by atoms with Crippen LogP contribution in [0.5, 0.6) is 5.75 Å². The van der Waals surface area contributed by atoms with E-state index in [0.717, 1.165) is 25.3 Å². The molecule has 0 amide bonds. The van der Waals surface area contributed by atoms with Gasteiger partial charge in [0.1, 0.15) is 5.75 Å². The van der Waals surface area contributed by atoms with E-state index in [1.807, 2.05) is 12.1 Å². The predicted octanol–water partition coefficient (Wildman–Crippen LogP) is 2.30. The van der Waals surface area contributed by atoms with Gasteiger partial charge in [0, 0.05) is 25.2 Å². The third-order valence-electron chi connectivity index (χ3n) is 4.33. The highest BCUT2D eigenvalue weighted by molar-refractivity contribution is 5.27. The summed E-state index contributed by atoms with van der Waals surface area (Å²) in [5, 5.41) is 0. The lowest BCUT2D eigenvalue weighted by Crippen LogP contribution is -2.34. The maximum Gasteiger partial charge on any atom is 0.118 e. The van der Waals surface area contributed by atoms with Crippen LogP contribution >= 0.6 is 0 Å². The minimum absolute atomic E-state index is 0.350. The molecule has 19 heavy (non-hydrogen) atoms. The van der Waals surface area contributed by atoms with E-state index in [1.165, 1.54) is 12.0 Å². The van der Waals surface area contributed by atoms with Crippen molar-refractivity contribution in [3.05, 3.63) is 29.8 Å². The maximum absolute atomic E-state index is 6.09. The second kappa shape index (κ2) is 6.40. The molecular weight excluding hydrogens is 236 g/mol. The summed E-state index contributed by atoms with van der Waals surface area (Å²) < 4.78 is 5.18. The van der Waals surface area contributed by atoms with E-state index in [1.54, 1.807) is 7.11 Å². The van der Waals surface area contributed by atoms with Gasteiger partial charge in [0.2, 0.25) is 0 Å². The van der Waals surface area contributed by atoms with Crippen LogP contribution in [0.25, 0.3) is 0 Å². The van der Waals surface area contributed by atoms with Crippen LogP contribution < -0.4 is 10.5 Å². The highest BCUT2D eigenvalue weighted by Gasteiger charge is 2.29. The lowest BCUT2D eigenvalue weighted by Gasteiger charge is -2.24. The molecule has 1 fully saturated rings. The van der Waals surface area contributed by atoms with Crippen molar-refractivity contribution in [2.24, 2.45) is 11.7 Å². The van der Waals surface area contributed by atoms with Gasteiger partial charge in [-0.1, -0.05) is 19.1 Å². The van der Waals surface area contributed by atoms with Crippen LogP contribution in [0.2, 0.25) is 0 Å². The first-order valence-electron chi connectivity index (χ1n) is 7.22. The Kier molecular flexibility index (Phi) is 4.83. The summed E-state index contributed by atoms with van der Waals surface area (Å²) in [5.74, 6) is 1.56. The molecule has 0 saturated carbocycles. The largest absolute Gasteiger partial charge is 0.497 e. The van der Waals surface area contributed by atoms with Gasteiger partial charge in [-0.2, -0.15) is 0 Å². The highest BCUT2D eigenvalue weighted by Crippen LogP contribution is 2.20. The third-order valence-corrected chi connectivity index (χ3v) is 4.33. The molecule has 1 aromatic carbocycles. The number of likely N-dealkylation sites (tertiary alicyclic amines) is 1. The zero-order chi connectivity index (χ0) is 13.8. The number of hydrogen-bond donors (Lipinski definition) is 1. The number of hydrogen-bond acceptors (Lipinski definition) is 3. The molecule has 1 aliphatic rings. The summed E-state index contributed by atoms with van der Waals surface area (Å²) in [6.07, 6.45) is 2.30. The van der Waals surface area contributed by atoms with Crippen molar-refractivity contribution in [1.82, 2.24) is 4.90 Å². The molecule has 3 atom stereocenters. The molecule has 0 spiro atoms. The van der Waals surface area contributed by atoms with Crippen LogP contribution in [-0.4, -0.2) is 37.2 Å². The Morgan fingerprint density at radius 2 is 2.00 bits per heavy atom. The summed E-state index contributed by atoms with van der Waals surface area (Å²) >= 11 is 0. The van der Waals surface area contributed by atoms with E-state index >= 15 is 0 Å². The zero-order valence-electron chi connectivity index (χ0n) is 12.3. The van der Waals surface area contributed by atoms with Crippen molar-refractivity contribution in [2.45, 2.75) is 38.8 Å². The van der Waals surface area contributed by atoms with Gasteiger partial charge in [0.25, 0.3) is 0 Å². The summed E-state index contributed by atoms with van der Waals surface area (Å²) in [4.78, 5) is 2.53. The number of ether oxygens (including phenoxy) is 1. The Morgan fingerprint density at radius 1 is 1.32 bits per heavy atom. The molecule has 0 aliphatic carbocycles. The summed E-state index contributed by atoms with van der Waals surface area (Å²) in [6, 6.07) is 9.34. The molecule has 0 radical (unpaired) electrons. The number of nitrogens with two attached hydrogens (primary N) is 1. The Bertz CT molecular complexity index is 380. The number of benzene rings is 1. The molecule has 1 aliphatic heterocycles. The molecule has 1 saturated heterocycles. The fourth-order valence-electron chi connectivity index (χ4n) is 2.74. The Labute approximate surface area is 116 Å². The first kappa shape index (κ1) is 14.4. The van der Waals surface area contributed by atoms with E-state index in [0.29, 0.717) is 18.0 Å². The molecular formula is C16H26N2O. The minimum Gasteiger partial charge on any atom is -0.497 e. The lowest BCUT2D eigenvalue weighted by atomic mass is 10.1. The predicted molar refractivity (Wildman–Crippen MR) is 79.5 cm³/mol. The van der Waals surface area contributed by atoms with Crippen molar-refractivity contribution in [3.63, 3.8) is 0 Å². The van der Waals surface area contributed by atoms with Gasteiger partial charge in [-0.3, -0.25) is 4.90 Å². The molecule has 1 heterocycles. The molecule has 3 unspecified atom stereocenters. The van der Waals surface area contributed by atoms with Crippen LogP contribution in [0.4, 0.5) is 0 Å². The Morgan fingerprint density at radius 3 is 2.53 bits per heavy atom. The van der Waals surface area contributed by atoms with E-state index in [9.17, 15) is 0 Å². The van der Waals surface area contributed by atoms with Crippen LogP contribution in [-0.2, 0) is 6.42 Å². The average Bonchev–Trinajstić information content (AvgIpc) is 2.77. The van der Waals surface area contributed by atoms with Crippen LogP contribution in [0.1, 0.15) is 25.8 Å². The molecule has 1 aromatic rings. The number of nitrogens with zero attached hydrogens (tertiary/aromatic N) is 1. The molecule has 0 bridgehead atoms. The minimum atomic E-state index is 0.350. The molecule has 3 nitrogen and oxygen atoms in total. The van der Waals surface area contributed by atoms with Crippen LogP contribution in [0.15, 0.2) is 24.3 Å². The van der Waals surface area contributed by atoms with E-state index in [-0.39, 0.29) is 0 Å². The van der Waals surface area contributed by atoms with Gasteiger partial charge in [0.05, 0.1) is 7.11 Å². The SMILES string of the molecule is COc1ccc(CCC(C)N2CC(C)C(N)C2)cc1. The van der Waals surface area contributed by atoms with E-state index < -0.39 is 0 Å². The lowest BCUT2D eigenvalue weighted by molar-refractivity contribution is 0.239. The maximum atomic E-state index is 6.09. The molecule has 3 heteroatoms. The first-order chi connectivity index (χ1) is 9.10. The molecule has 0 aromatic heterocycles. The second-order valence-corrected chi connectivity index (χ2v) is 5.83. The van der Waals surface area contributed by atoms with Gasteiger partial charge in [0.15, 0.2) is 0 Å². The van der Waals surface area contributed by atoms with Crippen molar-refractivity contribution in [1.29, 1.82) is 0 Å². The van der Waals surface area contributed by atoms with Crippen molar-refractivity contribution in [3.8, 4) is 5.75 Å². The first-order valence-corrected chi connectivity index (χ1v) is 7.22. The fourth-order valence-corrected chi connectivity index (χ4v) is 2.74. The smallest absolute Gasteiger partial charge is 0.118 e. The van der Waals surface area contributed by atoms with Gasteiger partial charge >= 0.3 is 0 Å². The number of aryl methyl sites for hydroxylation is 1. The summed E-state index contributed by atoms with van der Waals surface area (Å²) in [6.45, 7) is 6.75. The Hall–Kier alpha value is -1.06. The van der Waals surface area contributed by atoms with Crippen LogP contribution in [0.3, 0.4) is 0 Å². The standard InChI is InChI=1S/C16H26N2O/c1-12-10-18(11-16(12)17)13(2)4-5-14-6-8-15(19-3)9-7-14/h6-9,12-13,16H,4-5,10-11,17H2,1-3H3. The van der Waals surface area contributed by atoms with E-state index in [4.69, 9.17) is 10.5 Å². The average molecular weight is 262 g/mol. The monoisotopic (exact) mass is 262 g/mol. The quantitative estimate of drug-likeness (QED) is 0.885. The summed E-state index contributed by atoms with van der Waals surface area (Å²) in [5.41, 5.74) is 7.47. The van der Waals surface area contributed by atoms with Gasteiger partial charge in [-0.25, -0.2) is 0 Å². The van der Waals surface area contributed by atoms with Crippen LogP contribution in [0, 0.1) is 5.92 Å². The third kappa shape index (κ3) is 3.71. The fraction of sp³-hybridized carbons (Fsp3) is 0.625. The summed E-state index contributed by atoms with van der Waals surface area (Å²) in [7, 11) is 1.70. The number of methoxy groups -OCH3 is 1. The van der Waals surface area contributed by atoms with Gasteiger partial charge in [-0.15, -0.1) is 0 Å². The normalized spacial score (nSPS) is 25.5. The molecule has 106 valence electrons. The highest BCUT2D eigenvalue weighted by atomic mass is 16.5. The zero-order valence-corrected chi connectivity index (χ0v) is 12.3. The van der Waals surface area contributed by atoms with Crippen molar-refractivity contribution < 1.29 is 4.74 Å². The van der Waals surface area contributed by atoms with Gasteiger partial charge < -0.3 is 10.5 Å². The van der Waals surface area contributed by atoms with Crippen molar-refractivity contribution >= 4 is 0 Å². The van der Waals surface area contributed by atoms with Crippen molar-refractivity contribution in [2.75, 3.05) is 20.2 Å². The van der Waals surface area contributed by atoms with E-state index in [2.05, 4.69) is 30.9 Å². The number of rotatable bonds is 5. The Balaban J connectivity index is 1.81. The second-order valence-electron chi connectivity index (χ2n) is 5.83. The topological polar surface area (TPSA) is 38.5 Å².